The Kier molecular flexibility index (Phi) is 4.71. The van der Waals surface area contributed by atoms with Gasteiger partial charge in [0.25, 0.3) is 5.91 Å². The maximum atomic E-state index is 12.9. The molecule has 0 bridgehead atoms. The zero-order valence-electron chi connectivity index (χ0n) is 15.0. The Balaban J connectivity index is 1.58. The van der Waals surface area contributed by atoms with Gasteiger partial charge in [-0.15, -0.1) is 0 Å². The van der Waals surface area contributed by atoms with Crippen LogP contribution in [-0.4, -0.2) is 40.9 Å². The third-order valence-corrected chi connectivity index (χ3v) is 6.03. The van der Waals surface area contributed by atoms with E-state index < -0.39 is 5.60 Å². The Morgan fingerprint density at radius 1 is 1.46 bits per heavy atom. The van der Waals surface area contributed by atoms with Gasteiger partial charge in [0.05, 0.1) is 41.0 Å². The summed E-state index contributed by atoms with van der Waals surface area (Å²) >= 11 is 6.41. The second-order valence-corrected chi connectivity index (χ2v) is 8.29. The van der Waals surface area contributed by atoms with Crippen molar-refractivity contribution in [3.8, 4) is 0 Å². The van der Waals surface area contributed by atoms with Crippen LogP contribution in [-0.2, 0) is 4.74 Å². The zero-order valence-corrected chi connectivity index (χ0v) is 15.8. The second-order valence-electron chi connectivity index (χ2n) is 7.88. The number of benzene rings is 1. The molecule has 2 heterocycles. The van der Waals surface area contributed by atoms with E-state index in [-0.39, 0.29) is 18.5 Å². The Hall–Kier alpha value is -1.56. The number of hydrogen-bond donors (Lipinski definition) is 2. The number of fused-ring (bicyclic) bond motifs is 1. The first kappa shape index (κ1) is 17.8. The largest absolute Gasteiger partial charge is 0.388 e. The molecule has 1 saturated heterocycles. The van der Waals surface area contributed by atoms with Gasteiger partial charge >= 0.3 is 0 Å². The zero-order chi connectivity index (χ0) is 18.3. The lowest BCUT2D eigenvalue weighted by Crippen LogP contribution is -2.45. The molecule has 2 fully saturated rings. The lowest BCUT2D eigenvalue weighted by atomic mass is 9.79. The van der Waals surface area contributed by atoms with Crippen LogP contribution in [0.4, 0.5) is 0 Å². The number of aliphatic hydroxyl groups is 1. The average Bonchev–Trinajstić information content (AvgIpc) is 2.92. The summed E-state index contributed by atoms with van der Waals surface area (Å²) in [4.78, 5) is 12.9. The molecule has 140 valence electrons. The third-order valence-electron chi connectivity index (χ3n) is 5.71. The molecule has 4 rings (SSSR count). The van der Waals surface area contributed by atoms with Gasteiger partial charge in [-0.1, -0.05) is 37.4 Å². The van der Waals surface area contributed by atoms with E-state index >= 15 is 0 Å². The summed E-state index contributed by atoms with van der Waals surface area (Å²) in [6.07, 6.45) is 5.48. The van der Waals surface area contributed by atoms with Gasteiger partial charge in [0, 0.05) is 18.1 Å². The topological polar surface area (TPSA) is 63.5 Å². The first-order chi connectivity index (χ1) is 12.5. The van der Waals surface area contributed by atoms with Crippen molar-refractivity contribution in [3.05, 3.63) is 35.0 Å². The highest BCUT2D eigenvalue weighted by Gasteiger charge is 2.33. The Morgan fingerprint density at radius 2 is 2.27 bits per heavy atom. The SMILES string of the molecule is CC1CCCC(O)(CNC(=O)c2cn(C3COC3)c3cccc(Cl)c23)C1. The van der Waals surface area contributed by atoms with Crippen molar-refractivity contribution >= 4 is 28.4 Å². The van der Waals surface area contributed by atoms with Crippen molar-refractivity contribution in [2.45, 2.75) is 44.2 Å². The van der Waals surface area contributed by atoms with Gasteiger partial charge in [0.15, 0.2) is 0 Å². The molecule has 1 amide bonds. The molecule has 2 unspecified atom stereocenters. The Labute approximate surface area is 158 Å². The van der Waals surface area contributed by atoms with Gasteiger partial charge in [-0.25, -0.2) is 0 Å². The minimum absolute atomic E-state index is 0.186. The Morgan fingerprint density at radius 3 is 2.96 bits per heavy atom. The number of ether oxygens (including phenoxy) is 1. The van der Waals surface area contributed by atoms with E-state index in [9.17, 15) is 9.90 Å². The van der Waals surface area contributed by atoms with Crippen LogP contribution in [0.25, 0.3) is 10.9 Å². The normalized spacial score (nSPS) is 26.7. The number of rotatable bonds is 4. The van der Waals surface area contributed by atoms with Gasteiger partial charge in [0.2, 0.25) is 0 Å². The molecule has 26 heavy (non-hydrogen) atoms. The predicted octanol–water partition coefficient (Wildman–Crippen LogP) is 3.54. The fraction of sp³-hybridized carbons (Fsp3) is 0.550. The number of hydrogen-bond acceptors (Lipinski definition) is 3. The van der Waals surface area contributed by atoms with Crippen LogP contribution in [0.2, 0.25) is 5.02 Å². The smallest absolute Gasteiger partial charge is 0.253 e. The average molecular weight is 377 g/mol. The number of carbonyl (C=O) groups excluding carboxylic acids is 1. The number of nitrogens with one attached hydrogen (secondary N) is 1. The highest BCUT2D eigenvalue weighted by Crippen LogP contribution is 2.34. The summed E-state index contributed by atoms with van der Waals surface area (Å²) in [5, 5.41) is 15.1. The molecule has 1 aromatic heterocycles. The van der Waals surface area contributed by atoms with Crippen LogP contribution in [0, 0.1) is 5.92 Å². The van der Waals surface area contributed by atoms with Gasteiger partial charge in [-0.05, 0) is 30.9 Å². The molecule has 2 N–H and O–H groups in total. The minimum atomic E-state index is -0.808. The summed E-state index contributed by atoms with van der Waals surface area (Å²) in [5.41, 5.74) is 0.697. The molecule has 1 aliphatic carbocycles. The fourth-order valence-electron chi connectivity index (χ4n) is 4.26. The van der Waals surface area contributed by atoms with Crippen LogP contribution >= 0.6 is 11.6 Å². The van der Waals surface area contributed by atoms with Crippen LogP contribution in [0.15, 0.2) is 24.4 Å². The number of aromatic nitrogens is 1. The molecule has 1 aliphatic heterocycles. The van der Waals surface area contributed by atoms with E-state index in [2.05, 4.69) is 16.8 Å². The van der Waals surface area contributed by atoms with Crippen LogP contribution in [0.3, 0.4) is 0 Å². The molecule has 1 aromatic carbocycles. The molecule has 6 heteroatoms. The highest BCUT2D eigenvalue weighted by atomic mass is 35.5. The summed E-state index contributed by atoms with van der Waals surface area (Å²) in [7, 11) is 0. The molecular weight excluding hydrogens is 352 g/mol. The van der Waals surface area contributed by atoms with E-state index in [1.54, 1.807) is 6.07 Å². The summed E-state index contributed by atoms with van der Waals surface area (Å²) in [5.74, 6) is 0.300. The third kappa shape index (κ3) is 3.24. The van der Waals surface area contributed by atoms with Gasteiger partial charge in [-0.3, -0.25) is 4.79 Å². The van der Waals surface area contributed by atoms with Crippen molar-refractivity contribution in [1.29, 1.82) is 0 Å². The number of nitrogens with zero attached hydrogens (tertiary/aromatic N) is 1. The lowest BCUT2D eigenvalue weighted by molar-refractivity contribution is -0.0214. The van der Waals surface area contributed by atoms with E-state index in [0.717, 1.165) is 36.6 Å². The highest BCUT2D eigenvalue weighted by molar-refractivity contribution is 6.36. The molecule has 0 radical (unpaired) electrons. The molecule has 0 spiro atoms. The number of carbonyl (C=O) groups is 1. The molecule has 2 aliphatic rings. The van der Waals surface area contributed by atoms with E-state index in [1.807, 2.05) is 18.3 Å². The second kappa shape index (κ2) is 6.87. The summed E-state index contributed by atoms with van der Waals surface area (Å²) < 4.78 is 7.38. The van der Waals surface area contributed by atoms with E-state index in [4.69, 9.17) is 16.3 Å². The maximum absolute atomic E-state index is 12.9. The first-order valence-electron chi connectivity index (χ1n) is 9.34. The number of amides is 1. The van der Waals surface area contributed by atoms with Crippen molar-refractivity contribution in [2.24, 2.45) is 5.92 Å². The maximum Gasteiger partial charge on any atom is 0.253 e. The van der Waals surface area contributed by atoms with Gasteiger partial charge in [0.1, 0.15) is 0 Å². The van der Waals surface area contributed by atoms with Gasteiger partial charge in [-0.2, -0.15) is 0 Å². The van der Waals surface area contributed by atoms with Crippen molar-refractivity contribution in [1.82, 2.24) is 9.88 Å². The van der Waals surface area contributed by atoms with Crippen molar-refractivity contribution < 1.29 is 14.6 Å². The standard InChI is InChI=1S/C20H25ClN2O3/c1-13-4-3-7-20(25,8-13)12-22-19(24)15-9-23(14-10-26-11-14)17-6-2-5-16(21)18(15)17/h2,5-6,9,13-14,25H,3-4,7-8,10-12H2,1H3,(H,22,24). The van der Waals surface area contributed by atoms with Crippen LogP contribution in [0.5, 0.6) is 0 Å². The van der Waals surface area contributed by atoms with E-state index in [0.29, 0.717) is 29.7 Å². The predicted molar refractivity (Wildman–Crippen MR) is 102 cm³/mol. The summed E-state index contributed by atoms with van der Waals surface area (Å²) in [6.45, 7) is 3.73. The van der Waals surface area contributed by atoms with Gasteiger partial charge < -0.3 is 19.7 Å². The molecule has 5 nitrogen and oxygen atoms in total. The van der Waals surface area contributed by atoms with Crippen molar-refractivity contribution in [2.75, 3.05) is 19.8 Å². The molecule has 1 saturated carbocycles. The van der Waals surface area contributed by atoms with E-state index in [1.165, 1.54) is 0 Å². The lowest BCUT2D eigenvalue weighted by Gasteiger charge is -2.35. The fourth-order valence-corrected chi connectivity index (χ4v) is 4.53. The minimum Gasteiger partial charge on any atom is -0.388 e. The summed E-state index contributed by atoms with van der Waals surface area (Å²) in [6, 6.07) is 5.92. The Bertz CT molecular complexity index is 830. The molecular formula is C20H25ClN2O3. The molecule has 2 atom stereocenters. The van der Waals surface area contributed by atoms with Crippen LogP contribution in [0.1, 0.15) is 49.0 Å². The molecule has 2 aromatic rings. The first-order valence-corrected chi connectivity index (χ1v) is 9.72. The van der Waals surface area contributed by atoms with Crippen LogP contribution < -0.4 is 5.32 Å². The van der Waals surface area contributed by atoms with Crippen molar-refractivity contribution in [3.63, 3.8) is 0 Å². The quantitative estimate of drug-likeness (QED) is 0.857. The monoisotopic (exact) mass is 376 g/mol. The number of halogens is 1.